The number of hydrogen-bond donors (Lipinski definition) is 1. The number of hydrogen-bond acceptors (Lipinski definition) is 8. The third-order valence-corrected chi connectivity index (χ3v) is 6.55. The van der Waals surface area contributed by atoms with Crippen LogP contribution in [0.3, 0.4) is 0 Å². The average molecular weight is 423 g/mol. The fourth-order valence-corrected chi connectivity index (χ4v) is 4.71. The molecule has 0 spiro atoms. The maximum absolute atomic E-state index is 12.8. The van der Waals surface area contributed by atoms with Gasteiger partial charge in [0.2, 0.25) is 20.0 Å². The van der Waals surface area contributed by atoms with Crippen LogP contribution >= 0.6 is 0 Å². The Bertz CT molecular complexity index is 1030. The van der Waals surface area contributed by atoms with Crippen molar-refractivity contribution in [3.8, 4) is 0 Å². The smallest absolute Gasteiger partial charge is 0.263 e. The minimum Gasteiger partial charge on any atom is -0.382 e. The SMILES string of the molecule is CS(=O)(=O)N(Cc1nonc1C(N)=Nc1cccc(C(F)F)c1)S(C)(=O)=O. The summed E-state index contributed by atoms with van der Waals surface area (Å²) in [6, 6.07) is 5.07. The van der Waals surface area contributed by atoms with Gasteiger partial charge in [0.25, 0.3) is 6.43 Å². The minimum absolute atomic E-state index is 0.0855. The van der Waals surface area contributed by atoms with Gasteiger partial charge in [-0.25, -0.2) is 35.2 Å². The van der Waals surface area contributed by atoms with E-state index in [-0.39, 0.29) is 32.2 Å². The molecule has 0 fully saturated rings. The van der Waals surface area contributed by atoms with Crippen LogP contribution in [0.25, 0.3) is 0 Å². The van der Waals surface area contributed by atoms with Crippen molar-refractivity contribution in [1.29, 1.82) is 0 Å². The molecule has 0 atom stereocenters. The highest BCUT2D eigenvalue weighted by molar-refractivity contribution is 8.03. The molecule has 0 bridgehead atoms. The molecule has 10 nitrogen and oxygen atoms in total. The lowest BCUT2D eigenvalue weighted by atomic mass is 10.2. The lowest BCUT2D eigenvalue weighted by molar-refractivity contribution is 0.151. The van der Waals surface area contributed by atoms with Gasteiger partial charge >= 0.3 is 0 Å². The molecule has 1 heterocycles. The molecule has 2 N–H and O–H groups in total. The predicted octanol–water partition coefficient (Wildman–Crippen LogP) is 0.765. The standard InChI is InChI=1S/C13H15F2N5O5S2/c1-26(21,22)20(27(2,23)24)7-10-11(19-25-18-10)13(16)17-9-5-3-4-8(6-9)12(14)15/h3-6,12H,7H2,1-2H3,(H2,16,17). The zero-order valence-electron chi connectivity index (χ0n) is 14.1. The lowest BCUT2D eigenvalue weighted by Crippen LogP contribution is -2.35. The highest BCUT2D eigenvalue weighted by atomic mass is 32.3. The second-order valence-electron chi connectivity index (χ2n) is 5.41. The number of aromatic nitrogens is 2. The van der Waals surface area contributed by atoms with Crippen LogP contribution < -0.4 is 5.73 Å². The summed E-state index contributed by atoms with van der Waals surface area (Å²) in [4.78, 5) is 3.92. The van der Waals surface area contributed by atoms with E-state index in [0.717, 1.165) is 6.07 Å². The molecule has 0 aliphatic rings. The molecule has 2 aromatic rings. The molecule has 1 aromatic carbocycles. The van der Waals surface area contributed by atoms with E-state index in [1.807, 2.05) is 0 Å². The van der Waals surface area contributed by atoms with Crippen LogP contribution in [-0.2, 0) is 26.6 Å². The zero-order valence-corrected chi connectivity index (χ0v) is 15.7. The van der Waals surface area contributed by atoms with Gasteiger partial charge in [0.1, 0.15) is 5.69 Å². The van der Waals surface area contributed by atoms with Gasteiger partial charge in [0.05, 0.1) is 24.7 Å². The predicted molar refractivity (Wildman–Crippen MR) is 91.3 cm³/mol. The Labute approximate surface area is 153 Å². The molecule has 0 unspecified atom stereocenters. The summed E-state index contributed by atoms with van der Waals surface area (Å²) in [6.07, 6.45) is -1.30. The number of aliphatic imine (C=N–C) groups is 1. The van der Waals surface area contributed by atoms with Gasteiger partial charge in [0, 0.05) is 5.56 Å². The topological polar surface area (TPSA) is 149 Å². The number of amidine groups is 1. The molecule has 0 aliphatic carbocycles. The van der Waals surface area contributed by atoms with Crippen LogP contribution in [0, 0.1) is 0 Å². The number of sulfonamides is 2. The Morgan fingerprint density at radius 3 is 2.41 bits per heavy atom. The van der Waals surface area contributed by atoms with E-state index in [9.17, 15) is 25.6 Å². The normalized spacial score (nSPS) is 13.5. The van der Waals surface area contributed by atoms with E-state index in [1.54, 1.807) is 0 Å². The number of rotatable bonds is 7. The lowest BCUT2D eigenvalue weighted by Gasteiger charge is -2.15. The van der Waals surface area contributed by atoms with Gasteiger partial charge in [-0.2, -0.15) is 0 Å². The van der Waals surface area contributed by atoms with Gasteiger partial charge in [-0.05, 0) is 17.3 Å². The molecule has 0 saturated carbocycles. The molecule has 14 heteroatoms. The summed E-state index contributed by atoms with van der Waals surface area (Å²) in [7, 11) is -8.29. The molecule has 2 rings (SSSR count). The molecule has 0 radical (unpaired) electrons. The number of halogens is 2. The monoisotopic (exact) mass is 423 g/mol. The van der Waals surface area contributed by atoms with Crippen LogP contribution in [0.5, 0.6) is 0 Å². The van der Waals surface area contributed by atoms with Gasteiger partial charge in [-0.1, -0.05) is 21.0 Å². The van der Waals surface area contributed by atoms with Crippen molar-refractivity contribution in [2.24, 2.45) is 10.7 Å². The van der Waals surface area contributed by atoms with Crippen molar-refractivity contribution in [3.63, 3.8) is 0 Å². The number of alkyl halides is 2. The van der Waals surface area contributed by atoms with Gasteiger partial charge in [-0.15, -0.1) is 0 Å². The van der Waals surface area contributed by atoms with E-state index < -0.39 is 33.0 Å². The van der Waals surface area contributed by atoms with Crippen LogP contribution in [-0.4, -0.2) is 49.2 Å². The highest BCUT2D eigenvalue weighted by Gasteiger charge is 2.30. The first kappa shape index (κ1) is 20.9. The number of benzene rings is 1. The summed E-state index contributed by atoms with van der Waals surface area (Å²) in [5.74, 6) is -0.320. The zero-order chi connectivity index (χ0) is 20.4. The Morgan fingerprint density at radius 1 is 1.22 bits per heavy atom. The third-order valence-electron chi connectivity index (χ3n) is 3.19. The quantitative estimate of drug-likeness (QED) is 0.507. The maximum Gasteiger partial charge on any atom is 0.263 e. The van der Waals surface area contributed by atoms with Crippen LogP contribution in [0.2, 0.25) is 0 Å². The first-order valence-electron chi connectivity index (χ1n) is 7.11. The Kier molecular flexibility index (Phi) is 5.91. The van der Waals surface area contributed by atoms with Crippen molar-refractivity contribution in [2.75, 3.05) is 12.5 Å². The molecule has 148 valence electrons. The van der Waals surface area contributed by atoms with Crippen molar-refractivity contribution in [3.05, 3.63) is 41.2 Å². The number of nitrogens with zero attached hydrogens (tertiary/aromatic N) is 4. The van der Waals surface area contributed by atoms with Crippen molar-refractivity contribution in [1.82, 2.24) is 14.0 Å². The second-order valence-corrected chi connectivity index (χ2v) is 9.45. The Balaban J connectivity index is 2.40. The van der Waals surface area contributed by atoms with Crippen LogP contribution in [0.15, 0.2) is 33.9 Å². The fraction of sp³-hybridized carbons (Fsp3) is 0.308. The van der Waals surface area contributed by atoms with Gasteiger partial charge in [-0.3, -0.25) is 0 Å². The van der Waals surface area contributed by atoms with Crippen LogP contribution in [0.1, 0.15) is 23.4 Å². The Hall–Kier alpha value is -2.45. The van der Waals surface area contributed by atoms with Crippen LogP contribution in [0.4, 0.5) is 14.5 Å². The summed E-state index contributed by atoms with van der Waals surface area (Å²) < 4.78 is 77.0. The first-order chi connectivity index (χ1) is 12.4. The maximum atomic E-state index is 12.8. The van der Waals surface area contributed by atoms with Crippen molar-refractivity contribution < 1.29 is 30.2 Å². The van der Waals surface area contributed by atoms with E-state index in [4.69, 9.17) is 5.73 Å². The minimum atomic E-state index is -4.14. The Morgan fingerprint density at radius 2 is 1.85 bits per heavy atom. The molecular formula is C13H15F2N5O5S2. The van der Waals surface area contributed by atoms with E-state index >= 15 is 0 Å². The van der Waals surface area contributed by atoms with Gasteiger partial charge < -0.3 is 5.73 Å². The van der Waals surface area contributed by atoms with Gasteiger partial charge in [0.15, 0.2) is 11.5 Å². The summed E-state index contributed by atoms with van der Waals surface area (Å²) in [5, 5.41) is 6.93. The van der Waals surface area contributed by atoms with E-state index in [0.29, 0.717) is 12.5 Å². The largest absolute Gasteiger partial charge is 0.382 e. The van der Waals surface area contributed by atoms with E-state index in [1.165, 1.54) is 18.2 Å². The summed E-state index contributed by atoms with van der Waals surface area (Å²) in [6.45, 7) is -0.718. The average Bonchev–Trinajstić information content (AvgIpc) is 2.99. The third kappa shape index (κ3) is 5.27. The molecule has 27 heavy (non-hydrogen) atoms. The molecule has 0 saturated heterocycles. The molecule has 1 aromatic heterocycles. The van der Waals surface area contributed by atoms with E-state index in [2.05, 4.69) is 19.9 Å². The molecule has 0 amide bonds. The van der Waals surface area contributed by atoms with Crippen molar-refractivity contribution in [2.45, 2.75) is 13.0 Å². The summed E-state index contributed by atoms with van der Waals surface area (Å²) in [5.41, 5.74) is 5.16. The first-order valence-corrected chi connectivity index (χ1v) is 10.8. The number of nitrogens with two attached hydrogens (primary N) is 1. The molecule has 0 aliphatic heterocycles. The summed E-state index contributed by atoms with van der Waals surface area (Å²) >= 11 is 0. The van der Waals surface area contributed by atoms with Crippen molar-refractivity contribution >= 4 is 31.6 Å². The molecular weight excluding hydrogens is 408 g/mol. The fourth-order valence-electron chi connectivity index (χ4n) is 2.03. The second kappa shape index (κ2) is 7.66. The highest BCUT2D eigenvalue weighted by Crippen LogP contribution is 2.23.